The predicted octanol–water partition coefficient (Wildman–Crippen LogP) is 1.69. The van der Waals surface area contributed by atoms with E-state index in [1.165, 1.54) is 5.57 Å². The molecule has 6 heteroatoms. The van der Waals surface area contributed by atoms with Crippen LogP contribution in [0.3, 0.4) is 0 Å². The summed E-state index contributed by atoms with van der Waals surface area (Å²) in [6.45, 7) is 0.819. The van der Waals surface area contributed by atoms with Gasteiger partial charge < -0.3 is 15.1 Å². The van der Waals surface area contributed by atoms with Crippen molar-refractivity contribution in [2.24, 2.45) is 0 Å². The summed E-state index contributed by atoms with van der Waals surface area (Å²) in [4.78, 5) is 17.0. The Kier molecular flexibility index (Phi) is 4.55. The van der Waals surface area contributed by atoms with Gasteiger partial charge in [-0.05, 0) is 12.8 Å². The van der Waals surface area contributed by atoms with E-state index in [0.717, 1.165) is 19.4 Å². The zero-order valence-electron chi connectivity index (χ0n) is 12.6. The largest absolute Gasteiger partial charge is 0.354 e. The first-order valence-electron chi connectivity index (χ1n) is 6.76. The number of nitrogens with one attached hydrogen (secondary N) is 1. The number of aromatic nitrogens is 3. The predicted molar refractivity (Wildman–Crippen MR) is 83.4 cm³/mol. The number of rotatable bonds is 6. The van der Waals surface area contributed by atoms with E-state index in [1.54, 1.807) is 0 Å². The summed E-state index contributed by atoms with van der Waals surface area (Å²) in [5.74, 6) is 1.94. The van der Waals surface area contributed by atoms with E-state index >= 15 is 0 Å². The fraction of sp³-hybridized carbons (Fsp3) is 0.500. The first kappa shape index (κ1) is 14.3. The molecule has 0 unspecified atom stereocenters. The first-order valence-corrected chi connectivity index (χ1v) is 6.76. The fourth-order valence-corrected chi connectivity index (χ4v) is 1.84. The van der Waals surface area contributed by atoms with Crippen LogP contribution >= 0.6 is 0 Å². The van der Waals surface area contributed by atoms with Crippen molar-refractivity contribution in [3.05, 3.63) is 23.8 Å². The molecule has 0 saturated heterocycles. The van der Waals surface area contributed by atoms with Crippen molar-refractivity contribution in [1.82, 2.24) is 15.0 Å². The zero-order chi connectivity index (χ0) is 14.5. The number of allylic oxidation sites excluding steroid dienone is 3. The Labute approximate surface area is 120 Å². The Morgan fingerprint density at radius 1 is 1.05 bits per heavy atom. The Bertz CT molecular complexity index is 492. The van der Waals surface area contributed by atoms with Gasteiger partial charge in [0, 0.05) is 34.7 Å². The van der Waals surface area contributed by atoms with Crippen LogP contribution in [0.25, 0.3) is 0 Å². The maximum atomic E-state index is 4.41. The lowest BCUT2D eigenvalue weighted by molar-refractivity contribution is 0.901. The minimum Gasteiger partial charge on any atom is -0.354 e. The monoisotopic (exact) mass is 274 g/mol. The summed E-state index contributed by atoms with van der Waals surface area (Å²) in [6, 6.07) is 0. The minimum atomic E-state index is 0.620. The normalized spacial score (nSPS) is 13.3. The highest BCUT2D eigenvalue weighted by Crippen LogP contribution is 2.15. The van der Waals surface area contributed by atoms with Crippen LogP contribution in [0.5, 0.6) is 0 Å². The lowest BCUT2D eigenvalue weighted by Crippen LogP contribution is -2.20. The summed E-state index contributed by atoms with van der Waals surface area (Å²) < 4.78 is 0. The Morgan fingerprint density at radius 3 is 2.20 bits per heavy atom. The van der Waals surface area contributed by atoms with Gasteiger partial charge in [-0.15, -0.1) is 0 Å². The van der Waals surface area contributed by atoms with Gasteiger partial charge in [-0.2, -0.15) is 15.0 Å². The smallest absolute Gasteiger partial charge is 0.231 e. The van der Waals surface area contributed by atoms with Gasteiger partial charge in [0.05, 0.1) is 0 Å². The van der Waals surface area contributed by atoms with E-state index in [0.29, 0.717) is 17.8 Å². The van der Waals surface area contributed by atoms with E-state index in [9.17, 15) is 0 Å². The molecule has 0 atom stereocenters. The van der Waals surface area contributed by atoms with E-state index < -0.39 is 0 Å². The van der Waals surface area contributed by atoms with Gasteiger partial charge in [0.15, 0.2) is 0 Å². The average Bonchev–Trinajstić information content (AvgIpc) is 2.91. The first-order chi connectivity index (χ1) is 9.56. The van der Waals surface area contributed by atoms with Crippen LogP contribution < -0.4 is 15.1 Å². The van der Waals surface area contributed by atoms with Crippen LogP contribution in [0.15, 0.2) is 23.8 Å². The number of nitrogens with zero attached hydrogens (tertiary/aromatic N) is 5. The molecule has 0 radical (unpaired) electrons. The molecule has 1 aromatic heterocycles. The molecule has 0 amide bonds. The van der Waals surface area contributed by atoms with Crippen LogP contribution in [0.1, 0.15) is 12.8 Å². The molecular weight excluding hydrogens is 252 g/mol. The van der Waals surface area contributed by atoms with Gasteiger partial charge in [-0.3, -0.25) is 0 Å². The number of hydrogen-bond donors (Lipinski definition) is 1. The van der Waals surface area contributed by atoms with Crippen molar-refractivity contribution in [2.45, 2.75) is 12.8 Å². The molecule has 0 aliphatic heterocycles. The van der Waals surface area contributed by atoms with Gasteiger partial charge in [-0.25, -0.2) is 0 Å². The van der Waals surface area contributed by atoms with Crippen LogP contribution in [-0.4, -0.2) is 49.7 Å². The van der Waals surface area contributed by atoms with Gasteiger partial charge in [-0.1, -0.05) is 23.8 Å². The molecule has 0 spiro atoms. The van der Waals surface area contributed by atoms with Crippen molar-refractivity contribution in [3.63, 3.8) is 0 Å². The van der Waals surface area contributed by atoms with Crippen molar-refractivity contribution in [1.29, 1.82) is 0 Å². The minimum absolute atomic E-state index is 0.620. The molecule has 20 heavy (non-hydrogen) atoms. The Hall–Kier alpha value is -2.11. The van der Waals surface area contributed by atoms with E-state index in [4.69, 9.17) is 0 Å². The molecule has 1 aromatic rings. The third kappa shape index (κ3) is 3.69. The molecule has 1 heterocycles. The van der Waals surface area contributed by atoms with Gasteiger partial charge in [0.2, 0.25) is 17.8 Å². The molecule has 1 aliphatic rings. The molecule has 6 nitrogen and oxygen atoms in total. The number of hydrogen-bond acceptors (Lipinski definition) is 6. The SMILES string of the molecule is CN(C)c1nc(NCCC2=CCC=C2)nc(N(C)C)n1. The van der Waals surface area contributed by atoms with Gasteiger partial charge >= 0.3 is 0 Å². The molecule has 1 aliphatic carbocycles. The third-order valence-electron chi connectivity index (χ3n) is 2.96. The van der Waals surface area contributed by atoms with Gasteiger partial charge in [0.1, 0.15) is 0 Å². The molecule has 0 bridgehead atoms. The van der Waals surface area contributed by atoms with Crippen LogP contribution in [0, 0.1) is 0 Å². The summed E-state index contributed by atoms with van der Waals surface area (Å²) in [7, 11) is 7.69. The second kappa shape index (κ2) is 6.36. The average molecular weight is 274 g/mol. The summed E-state index contributed by atoms with van der Waals surface area (Å²) in [5, 5.41) is 3.27. The molecule has 0 saturated carbocycles. The van der Waals surface area contributed by atoms with Crippen LogP contribution in [-0.2, 0) is 0 Å². The van der Waals surface area contributed by atoms with Gasteiger partial charge in [0.25, 0.3) is 0 Å². The zero-order valence-corrected chi connectivity index (χ0v) is 12.6. The molecule has 2 rings (SSSR count). The summed E-state index contributed by atoms with van der Waals surface area (Å²) >= 11 is 0. The number of anilines is 3. The maximum Gasteiger partial charge on any atom is 0.231 e. The second-order valence-corrected chi connectivity index (χ2v) is 5.14. The maximum absolute atomic E-state index is 4.41. The molecule has 0 fully saturated rings. The standard InChI is InChI=1S/C14H22N6/c1-19(2)13-16-12(17-14(18-13)20(3)4)15-10-9-11-7-5-6-8-11/h5,7-8H,6,9-10H2,1-4H3,(H,15,16,17,18). The van der Waals surface area contributed by atoms with E-state index in [-0.39, 0.29) is 0 Å². The van der Waals surface area contributed by atoms with Crippen molar-refractivity contribution < 1.29 is 0 Å². The summed E-state index contributed by atoms with van der Waals surface area (Å²) in [6.07, 6.45) is 8.62. The highest BCUT2D eigenvalue weighted by molar-refractivity contribution is 5.43. The Morgan fingerprint density at radius 2 is 1.70 bits per heavy atom. The fourth-order valence-electron chi connectivity index (χ4n) is 1.84. The molecular formula is C14H22N6. The van der Waals surface area contributed by atoms with Crippen LogP contribution in [0.4, 0.5) is 17.8 Å². The molecule has 1 N–H and O–H groups in total. The Balaban J connectivity index is 2.03. The molecule has 108 valence electrons. The summed E-state index contributed by atoms with van der Waals surface area (Å²) in [5.41, 5.74) is 1.37. The lowest BCUT2D eigenvalue weighted by atomic mass is 10.2. The highest BCUT2D eigenvalue weighted by atomic mass is 15.3. The quantitative estimate of drug-likeness (QED) is 0.852. The van der Waals surface area contributed by atoms with Crippen molar-refractivity contribution in [2.75, 3.05) is 49.9 Å². The van der Waals surface area contributed by atoms with E-state index in [1.807, 2.05) is 38.0 Å². The van der Waals surface area contributed by atoms with Crippen molar-refractivity contribution >= 4 is 17.8 Å². The van der Waals surface area contributed by atoms with Crippen LogP contribution in [0.2, 0.25) is 0 Å². The highest BCUT2D eigenvalue weighted by Gasteiger charge is 2.09. The topological polar surface area (TPSA) is 57.2 Å². The lowest BCUT2D eigenvalue weighted by Gasteiger charge is -2.16. The second-order valence-electron chi connectivity index (χ2n) is 5.14. The third-order valence-corrected chi connectivity index (χ3v) is 2.96. The molecule has 0 aromatic carbocycles. The van der Waals surface area contributed by atoms with Crippen molar-refractivity contribution in [3.8, 4) is 0 Å². The van der Waals surface area contributed by atoms with E-state index in [2.05, 4.69) is 38.5 Å².